The first-order chi connectivity index (χ1) is 11.6. The van der Waals surface area contributed by atoms with Gasteiger partial charge in [-0.1, -0.05) is 31.2 Å². The van der Waals surface area contributed by atoms with Gasteiger partial charge in [-0.3, -0.25) is 10.1 Å². The SMILES string of the molecule is C[Si](C)(C)CCOCn1nc(Cl)c([N+](=O)[O-])c1-c1cc(Br)ncc1N. The largest absolute Gasteiger partial charge is 0.397 e. The minimum atomic E-state index is -1.24. The molecule has 2 aromatic rings. The number of rotatable bonds is 7. The molecule has 11 heteroatoms. The van der Waals surface area contributed by atoms with Crippen molar-refractivity contribution in [3.8, 4) is 11.3 Å². The van der Waals surface area contributed by atoms with Gasteiger partial charge in [-0.2, -0.15) is 5.10 Å². The van der Waals surface area contributed by atoms with Crippen molar-refractivity contribution in [3.05, 3.63) is 32.1 Å². The molecule has 136 valence electrons. The van der Waals surface area contributed by atoms with E-state index in [2.05, 4.69) is 45.7 Å². The molecule has 0 amide bonds. The number of nitro groups is 1. The molecule has 0 saturated heterocycles. The molecule has 0 aliphatic carbocycles. The van der Waals surface area contributed by atoms with Gasteiger partial charge in [0, 0.05) is 20.2 Å². The smallest absolute Gasteiger partial charge is 0.334 e. The zero-order valence-electron chi connectivity index (χ0n) is 14.1. The molecule has 2 N–H and O–H groups in total. The average molecular weight is 449 g/mol. The highest BCUT2D eigenvalue weighted by molar-refractivity contribution is 9.10. The normalized spacial score (nSPS) is 11.7. The first kappa shape index (κ1) is 19.8. The van der Waals surface area contributed by atoms with Crippen LogP contribution in [0.4, 0.5) is 11.4 Å². The maximum atomic E-state index is 11.5. The van der Waals surface area contributed by atoms with E-state index in [1.807, 2.05) is 0 Å². The number of aromatic nitrogens is 3. The standard InChI is InChI=1S/C14H19BrClN5O3Si/c1-25(2,3)5-4-24-8-20-12(13(21(22)23)14(16)19-20)9-6-11(15)18-7-10(9)17/h6-7H,4-5,8,17H2,1-3H3. The molecule has 0 saturated carbocycles. The highest BCUT2D eigenvalue weighted by Gasteiger charge is 2.29. The predicted octanol–water partition coefficient (Wildman–Crippen LogP) is 4.16. The third-order valence-electron chi connectivity index (χ3n) is 3.44. The predicted molar refractivity (Wildman–Crippen MR) is 103 cm³/mol. The van der Waals surface area contributed by atoms with Crippen LogP contribution in [-0.4, -0.2) is 34.4 Å². The van der Waals surface area contributed by atoms with E-state index in [0.29, 0.717) is 16.8 Å². The Kier molecular flexibility index (Phi) is 6.19. The summed E-state index contributed by atoms with van der Waals surface area (Å²) < 4.78 is 7.52. The van der Waals surface area contributed by atoms with Crippen molar-refractivity contribution >= 4 is 47.0 Å². The fourth-order valence-electron chi connectivity index (χ4n) is 2.12. The number of pyridine rings is 1. The molecule has 2 rings (SSSR count). The van der Waals surface area contributed by atoms with Gasteiger partial charge in [0.1, 0.15) is 11.3 Å². The summed E-state index contributed by atoms with van der Waals surface area (Å²) in [6.45, 7) is 7.33. The van der Waals surface area contributed by atoms with Crippen LogP contribution in [0.3, 0.4) is 0 Å². The van der Waals surface area contributed by atoms with E-state index >= 15 is 0 Å². The second kappa shape index (κ2) is 7.81. The number of hydrogen-bond acceptors (Lipinski definition) is 6. The van der Waals surface area contributed by atoms with Crippen LogP contribution in [0, 0.1) is 10.1 Å². The molecule has 2 heterocycles. The molecular formula is C14H19BrClN5O3Si. The van der Waals surface area contributed by atoms with E-state index < -0.39 is 13.0 Å². The zero-order chi connectivity index (χ0) is 18.8. The van der Waals surface area contributed by atoms with E-state index in [9.17, 15) is 10.1 Å². The summed E-state index contributed by atoms with van der Waals surface area (Å²) in [5, 5.41) is 15.3. The quantitative estimate of drug-likeness (QED) is 0.224. The fraction of sp³-hybridized carbons (Fsp3) is 0.429. The molecule has 0 aromatic carbocycles. The van der Waals surface area contributed by atoms with Gasteiger partial charge in [-0.15, -0.1) is 0 Å². The fourth-order valence-corrected chi connectivity index (χ4v) is 3.46. The third kappa shape index (κ3) is 5.00. The molecule has 0 unspecified atom stereocenters. The van der Waals surface area contributed by atoms with Crippen LogP contribution in [0.1, 0.15) is 0 Å². The lowest BCUT2D eigenvalue weighted by Crippen LogP contribution is -2.22. The van der Waals surface area contributed by atoms with Gasteiger partial charge in [0.25, 0.3) is 0 Å². The highest BCUT2D eigenvalue weighted by atomic mass is 79.9. The molecule has 8 nitrogen and oxygen atoms in total. The Hall–Kier alpha value is -1.49. The third-order valence-corrected chi connectivity index (χ3v) is 5.83. The Balaban J connectivity index is 2.39. The van der Waals surface area contributed by atoms with Crippen molar-refractivity contribution in [2.75, 3.05) is 12.3 Å². The van der Waals surface area contributed by atoms with Crippen molar-refractivity contribution in [2.45, 2.75) is 32.4 Å². The maximum Gasteiger partial charge on any atom is 0.334 e. The van der Waals surface area contributed by atoms with Gasteiger partial charge in [0.05, 0.1) is 16.8 Å². The summed E-state index contributed by atoms with van der Waals surface area (Å²) in [5.74, 6) is 0. The number of hydrogen-bond donors (Lipinski definition) is 1. The molecule has 0 fully saturated rings. The highest BCUT2D eigenvalue weighted by Crippen LogP contribution is 2.39. The number of nitrogen functional groups attached to an aromatic ring is 1. The molecule has 0 bridgehead atoms. The van der Waals surface area contributed by atoms with Gasteiger partial charge < -0.3 is 10.5 Å². The summed E-state index contributed by atoms with van der Waals surface area (Å²) in [5.41, 5.74) is 6.55. The van der Waals surface area contributed by atoms with Crippen molar-refractivity contribution in [1.29, 1.82) is 0 Å². The van der Waals surface area contributed by atoms with E-state index in [1.165, 1.54) is 10.9 Å². The minimum Gasteiger partial charge on any atom is -0.397 e. The molecule has 0 aliphatic rings. The van der Waals surface area contributed by atoms with Crippen molar-refractivity contribution in [1.82, 2.24) is 14.8 Å². The molecule has 0 radical (unpaired) electrons. The Morgan fingerprint density at radius 3 is 2.76 bits per heavy atom. The topological polar surface area (TPSA) is 109 Å². The van der Waals surface area contributed by atoms with Crippen LogP contribution < -0.4 is 5.73 Å². The lowest BCUT2D eigenvalue weighted by Gasteiger charge is -2.16. The number of ether oxygens (including phenoxy) is 1. The van der Waals surface area contributed by atoms with Crippen molar-refractivity contribution in [3.63, 3.8) is 0 Å². The van der Waals surface area contributed by atoms with Crippen LogP contribution in [0.15, 0.2) is 16.9 Å². The summed E-state index contributed by atoms with van der Waals surface area (Å²) in [6, 6.07) is 2.57. The Labute approximate surface area is 159 Å². The van der Waals surface area contributed by atoms with E-state index in [1.54, 1.807) is 6.07 Å². The zero-order valence-corrected chi connectivity index (χ0v) is 17.5. The summed E-state index contributed by atoms with van der Waals surface area (Å²) in [7, 11) is -1.24. The van der Waals surface area contributed by atoms with Gasteiger partial charge in [-0.25, -0.2) is 9.67 Å². The van der Waals surface area contributed by atoms with E-state index in [-0.39, 0.29) is 29.0 Å². The molecule has 0 spiro atoms. The monoisotopic (exact) mass is 447 g/mol. The molecule has 2 aromatic heterocycles. The van der Waals surface area contributed by atoms with Crippen LogP contribution in [0.5, 0.6) is 0 Å². The summed E-state index contributed by atoms with van der Waals surface area (Å²) in [4.78, 5) is 14.9. The molecule has 25 heavy (non-hydrogen) atoms. The van der Waals surface area contributed by atoms with Gasteiger partial charge >= 0.3 is 5.69 Å². The molecular weight excluding hydrogens is 430 g/mol. The lowest BCUT2D eigenvalue weighted by molar-refractivity contribution is -0.384. The van der Waals surface area contributed by atoms with Crippen LogP contribution in [0.25, 0.3) is 11.3 Å². The Morgan fingerprint density at radius 2 is 2.16 bits per heavy atom. The molecule has 0 aliphatic heterocycles. The molecule has 0 atom stereocenters. The Morgan fingerprint density at radius 1 is 1.48 bits per heavy atom. The summed E-state index contributed by atoms with van der Waals surface area (Å²) in [6.07, 6.45) is 1.42. The first-order valence-corrected chi connectivity index (χ1v) is 12.4. The minimum absolute atomic E-state index is 0.0484. The van der Waals surface area contributed by atoms with Crippen molar-refractivity contribution in [2.24, 2.45) is 0 Å². The first-order valence-electron chi connectivity index (χ1n) is 7.50. The lowest BCUT2D eigenvalue weighted by atomic mass is 10.1. The number of nitrogens with two attached hydrogens (primary N) is 1. The average Bonchev–Trinajstić information content (AvgIpc) is 2.81. The van der Waals surface area contributed by atoms with Gasteiger partial charge in [0.2, 0.25) is 5.15 Å². The van der Waals surface area contributed by atoms with Crippen LogP contribution in [0.2, 0.25) is 30.8 Å². The van der Waals surface area contributed by atoms with Gasteiger partial charge in [0.15, 0.2) is 5.69 Å². The Bertz CT molecular complexity index is 794. The number of anilines is 1. The van der Waals surface area contributed by atoms with Crippen LogP contribution >= 0.6 is 27.5 Å². The summed E-state index contributed by atoms with van der Waals surface area (Å²) >= 11 is 9.23. The maximum absolute atomic E-state index is 11.5. The second-order valence-electron chi connectivity index (χ2n) is 6.69. The van der Waals surface area contributed by atoms with Crippen molar-refractivity contribution < 1.29 is 9.66 Å². The van der Waals surface area contributed by atoms with Crippen LogP contribution in [-0.2, 0) is 11.5 Å². The van der Waals surface area contributed by atoms with Gasteiger partial charge in [-0.05, 0) is 28.0 Å². The van der Waals surface area contributed by atoms with E-state index in [4.69, 9.17) is 22.1 Å². The number of nitrogens with zero attached hydrogens (tertiary/aromatic N) is 4. The number of halogens is 2. The van der Waals surface area contributed by atoms with E-state index in [0.717, 1.165) is 6.04 Å². The second-order valence-corrected chi connectivity index (χ2v) is 13.5.